The SMILES string of the molecule is CC(C)Cc1nnc2n1N=C(c1ccc(N)cc1)CS2. The van der Waals surface area contributed by atoms with Crippen molar-refractivity contribution in [2.75, 3.05) is 11.5 Å². The fourth-order valence-corrected chi connectivity index (χ4v) is 2.93. The molecule has 0 radical (unpaired) electrons. The Morgan fingerprint density at radius 1 is 1.25 bits per heavy atom. The number of benzene rings is 1. The smallest absolute Gasteiger partial charge is 0.212 e. The van der Waals surface area contributed by atoms with Crippen LogP contribution in [0.2, 0.25) is 0 Å². The van der Waals surface area contributed by atoms with Crippen LogP contribution >= 0.6 is 11.8 Å². The van der Waals surface area contributed by atoms with Crippen LogP contribution in [-0.2, 0) is 6.42 Å². The summed E-state index contributed by atoms with van der Waals surface area (Å²) in [5, 5.41) is 14.0. The monoisotopic (exact) mass is 287 g/mol. The number of hydrogen-bond donors (Lipinski definition) is 1. The predicted molar refractivity (Wildman–Crippen MR) is 82.1 cm³/mol. The molecule has 104 valence electrons. The number of anilines is 1. The number of fused-ring (bicyclic) bond motifs is 1. The number of aromatic nitrogens is 3. The lowest BCUT2D eigenvalue weighted by Crippen LogP contribution is -2.15. The van der Waals surface area contributed by atoms with Crippen LogP contribution in [0.15, 0.2) is 34.5 Å². The van der Waals surface area contributed by atoms with Crippen LogP contribution in [-0.4, -0.2) is 26.3 Å². The lowest BCUT2D eigenvalue weighted by molar-refractivity contribution is 0.587. The van der Waals surface area contributed by atoms with E-state index in [2.05, 4.69) is 24.0 Å². The Labute approximate surface area is 122 Å². The van der Waals surface area contributed by atoms with Crippen molar-refractivity contribution in [2.24, 2.45) is 11.0 Å². The van der Waals surface area contributed by atoms with Gasteiger partial charge in [-0.15, -0.1) is 10.2 Å². The van der Waals surface area contributed by atoms with E-state index in [0.717, 1.165) is 40.1 Å². The Morgan fingerprint density at radius 2 is 2.00 bits per heavy atom. The van der Waals surface area contributed by atoms with Crippen molar-refractivity contribution in [3.63, 3.8) is 0 Å². The zero-order valence-corrected chi connectivity index (χ0v) is 12.4. The summed E-state index contributed by atoms with van der Waals surface area (Å²) in [6.45, 7) is 4.34. The van der Waals surface area contributed by atoms with Gasteiger partial charge in [0.05, 0.1) is 5.71 Å². The number of nitrogen functional groups attached to an aromatic ring is 1. The van der Waals surface area contributed by atoms with Crippen molar-refractivity contribution in [1.82, 2.24) is 14.9 Å². The van der Waals surface area contributed by atoms with Crippen molar-refractivity contribution in [3.8, 4) is 0 Å². The molecule has 2 aromatic rings. The fraction of sp³-hybridized carbons (Fsp3) is 0.357. The maximum absolute atomic E-state index is 5.72. The van der Waals surface area contributed by atoms with Gasteiger partial charge in [-0.05, 0) is 23.6 Å². The van der Waals surface area contributed by atoms with Crippen LogP contribution < -0.4 is 5.73 Å². The summed E-state index contributed by atoms with van der Waals surface area (Å²) < 4.78 is 1.87. The van der Waals surface area contributed by atoms with Crippen LogP contribution in [0.1, 0.15) is 25.2 Å². The molecule has 0 saturated heterocycles. The normalized spacial score (nSPS) is 14.2. The van der Waals surface area contributed by atoms with Crippen molar-refractivity contribution in [2.45, 2.75) is 25.4 Å². The Morgan fingerprint density at radius 3 is 2.70 bits per heavy atom. The molecule has 2 N–H and O–H groups in total. The van der Waals surface area contributed by atoms with Gasteiger partial charge in [0.25, 0.3) is 0 Å². The van der Waals surface area contributed by atoms with Gasteiger partial charge in [0, 0.05) is 17.9 Å². The summed E-state index contributed by atoms with van der Waals surface area (Å²) in [7, 11) is 0. The highest BCUT2D eigenvalue weighted by atomic mass is 32.2. The molecule has 6 heteroatoms. The molecule has 0 fully saturated rings. The van der Waals surface area contributed by atoms with Gasteiger partial charge in [0.15, 0.2) is 5.82 Å². The molecule has 3 rings (SSSR count). The molecule has 1 aliphatic rings. The first-order valence-corrected chi connectivity index (χ1v) is 7.63. The Bertz CT molecular complexity index is 642. The van der Waals surface area contributed by atoms with Crippen molar-refractivity contribution >= 4 is 23.2 Å². The Balaban J connectivity index is 1.96. The van der Waals surface area contributed by atoms with Crippen LogP contribution in [0.5, 0.6) is 0 Å². The molecule has 1 aromatic carbocycles. The summed E-state index contributed by atoms with van der Waals surface area (Å²) in [6.07, 6.45) is 0.881. The predicted octanol–water partition coefficient (Wildman–Crippen LogP) is 2.42. The zero-order chi connectivity index (χ0) is 14.1. The molecule has 0 bridgehead atoms. The fourth-order valence-electron chi connectivity index (χ4n) is 2.08. The molecular weight excluding hydrogens is 270 g/mol. The average Bonchev–Trinajstić information content (AvgIpc) is 2.81. The highest BCUT2D eigenvalue weighted by molar-refractivity contribution is 7.99. The number of nitrogens with zero attached hydrogens (tertiary/aromatic N) is 4. The molecular formula is C14H17N5S. The van der Waals surface area contributed by atoms with Crippen LogP contribution in [0.3, 0.4) is 0 Å². The molecule has 0 atom stereocenters. The maximum atomic E-state index is 5.72. The maximum Gasteiger partial charge on any atom is 0.212 e. The van der Waals surface area contributed by atoms with Gasteiger partial charge in [0.2, 0.25) is 5.16 Å². The largest absolute Gasteiger partial charge is 0.399 e. The summed E-state index contributed by atoms with van der Waals surface area (Å²) in [5.74, 6) is 2.27. The number of hydrogen-bond acceptors (Lipinski definition) is 5. The highest BCUT2D eigenvalue weighted by Crippen LogP contribution is 2.25. The number of rotatable bonds is 3. The van der Waals surface area contributed by atoms with E-state index < -0.39 is 0 Å². The van der Waals surface area contributed by atoms with Crippen LogP contribution in [0.25, 0.3) is 0 Å². The van der Waals surface area contributed by atoms with Crippen LogP contribution in [0.4, 0.5) is 5.69 Å². The van der Waals surface area contributed by atoms with E-state index in [1.807, 2.05) is 28.9 Å². The van der Waals surface area contributed by atoms with Gasteiger partial charge < -0.3 is 5.73 Å². The van der Waals surface area contributed by atoms with Gasteiger partial charge in [-0.2, -0.15) is 9.78 Å². The minimum atomic E-state index is 0.533. The Kier molecular flexibility index (Phi) is 3.48. The molecule has 0 amide bonds. The molecule has 2 heterocycles. The van der Waals surface area contributed by atoms with Gasteiger partial charge in [0.1, 0.15) is 0 Å². The first-order valence-electron chi connectivity index (χ1n) is 6.64. The third-order valence-electron chi connectivity index (χ3n) is 3.07. The molecule has 0 unspecified atom stereocenters. The van der Waals surface area contributed by atoms with Gasteiger partial charge in [-0.1, -0.05) is 37.7 Å². The second-order valence-corrected chi connectivity index (χ2v) is 6.21. The lowest BCUT2D eigenvalue weighted by atomic mass is 10.1. The summed E-state index contributed by atoms with van der Waals surface area (Å²) in [4.78, 5) is 0. The van der Waals surface area contributed by atoms with E-state index in [0.29, 0.717) is 5.92 Å². The molecule has 0 aliphatic carbocycles. The number of thioether (sulfide) groups is 1. The third kappa shape index (κ3) is 2.56. The minimum absolute atomic E-state index is 0.533. The summed E-state index contributed by atoms with van der Waals surface area (Å²) in [5.41, 5.74) is 8.63. The third-order valence-corrected chi connectivity index (χ3v) is 4.00. The van der Waals surface area contributed by atoms with E-state index in [9.17, 15) is 0 Å². The van der Waals surface area contributed by atoms with E-state index in [-0.39, 0.29) is 0 Å². The van der Waals surface area contributed by atoms with E-state index in [1.54, 1.807) is 11.8 Å². The van der Waals surface area contributed by atoms with Gasteiger partial charge in [-0.3, -0.25) is 0 Å². The van der Waals surface area contributed by atoms with Crippen molar-refractivity contribution in [3.05, 3.63) is 35.7 Å². The average molecular weight is 287 g/mol. The first kappa shape index (κ1) is 13.2. The van der Waals surface area contributed by atoms with Crippen LogP contribution in [0, 0.1) is 5.92 Å². The van der Waals surface area contributed by atoms with E-state index >= 15 is 0 Å². The molecule has 1 aromatic heterocycles. The molecule has 0 spiro atoms. The molecule has 20 heavy (non-hydrogen) atoms. The van der Waals surface area contributed by atoms with E-state index in [4.69, 9.17) is 10.8 Å². The van der Waals surface area contributed by atoms with Gasteiger partial charge >= 0.3 is 0 Å². The quantitative estimate of drug-likeness (QED) is 0.880. The van der Waals surface area contributed by atoms with Crippen molar-refractivity contribution < 1.29 is 0 Å². The Hall–Kier alpha value is -1.82. The number of nitrogens with two attached hydrogens (primary N) is 1. The second kappa shape index (κ2) is 5.28. The second-order valence-electron chi connectivity index (χ2n) is 5.27. The van der Waals surface area contributed by atoms with Crippen molar-refractivity contribution in [1.29, 1.82) is 0 Å². The minimum Gasteiger partial charge on any atom is -0.399 e. The molecule has 0 saturated carbocycles. The summed E-state index contributed by atoms with van der Waals surface area (Å²) >= 11 is 1.67. The zero-order valence-electron chi connectivity index (χ0n) is 11.6. The standard InChI is InChI=1S/C14H17N5S/c1-9(2)7-13-16-17-14-19(13)18-12(8-20-14)10-3-5-11(15)6-4-10/h3-6,9H,7-8,15H2,1-2H3. The lowest BCUT2D eigenvalue weighted by Gasteiger charge is -2.14. The molecule has 5 nitrogen and oxygen atoms in total. The van der Waals surface area contributed by atoms with E-state index in [1.165, 1.54) is 0 Å². The highest BCUT2D eigenvalue weighted by Gasteiger charge is 2.20. The summed E-state index contributed by atoms with van der Waals surface area (Å²) in [6, 6.07) is 7.82. The molecule has 1 aliphatic heterocycles. The van der Waals surface area contributed by atoms with Gasteiger partial charge in [-0.25, -0.2) is 0 Å². The topological polar surface area (TPSA) is 69.1 Å². The first-order chi connectivity index (χ1) is 9.63.